The topological polar surface area (TPSA) is 7.76 Å². The summed E-state index contributed by atoms with van der Waals surface area (Å²) < 4.78 is 4.66. The summed E-state index contributed by atoms with van der Waals surface area (Å²) in [4.78, 5) is 0. The van der Waals surface area contributed by atoms with E-state index in [4.69, 9.17) is 0 Å². The summed E-state index contributed by atoms with van der Waals surface area (Å²) >= 11 is 0. The first-order valence-corrected chi connectivity index (χ1v) is 15.4. The molecular formula is C41H40N2+2. The first kappa shape index (κ1) is 28.3. The molecule has 0 spiro atoms. The van der Waals surface area contributed by atoms with E-state index < -0.39 is 0 Å². The number of unbranched alkanes of at least 4 members (excludes halogenated alkanes) is 2. The third kappa shape index (κ3) is 6.65. The number of aryl methyl sites for hydroxylation is 2. The monoisotopic (exact) mass is 560 g/mol. The van der Waals surface area contributed by atoms with Gasteiger partial charge in [-0.1, -0.05) is 79.2 Å². The largest absolute Gasteiger partial charge is 0.213 e. The van der Waals surface area contributed by atoms with Crippen molar-refractivity contribution in [1.82, 2.24) is 0 Å². The molecule has 0 saturated carbocycles. The highest BCUT2D eigenvalue weighted by molar-refractivity contribution is 5.64. The Labute approximate surface area is 256 Å². The molecule has 0 amide bonds. The average Bonchev–Trinajstić information content (AvgIpc) is 3.07. The number of pyridine rings is 2. The minimum atomic E-state index is 1.08. The molecule has 0 aliphatic carbocycles. The Bertz CT molecular complexity index is 1520. The summed E-state index contributed by atoms with van der Waals surface area (Å²) in [5.41, 5.74) is 12.9. The Morgan fingerprint density at radius 3 is 0.860 bits per heavy atom. The zero-order valence-corrected chi connectivity index (χ0v) is 25.3. The van der Waals surface area contributed by atoms with Gasteiger partial charge in [0.2, 0.25) is 22.8 Å². The number of hydrogen-bond acceptors (Lipinski definition) is 0. The SMILES string of the molecule is C[n+]1c(-c2ccccc2)cc(CCCCCc2cc(-c3ccccc3)[n+](C)c(-c3ccccc3)c2)cc1-c1ccccc1. The molecule has 0 aliphatic heterocycles. The van der Waals surface area contributed by atoms with Crippen LogP contribution in [0.5, 0.6) is 0 Å². The summed E-state index contributed by atoms with van der Waals surface area (Å²) in [6.07, 6.45) is 5.70. The maximum Gasteiger partial charge on any atom is 0.213 e. The van der Waals surface area contributed by atoms with Crippen LogP contribution in [-0.2, 0) is 26.9 Å². The minimum absolute atomic E-state index is 1.08. The highest BCUT2D eigenvalue weighted by atomic mass is 15.0. The third-order valence-electron chi connectivity index (χ3n) is 8.44. The number of benzene rings is 4. The van der Waals surface area contributed by atoms with Crippen LogP contribution in [0, 0.1) is 0 Å². The summed E-state index contributed by atoms with van der Waals surface area (Å²) in [5.74, 6) is 0. The van der Waals surface area contributed by atoms with Gasteiger partial charge in [-0.25, -0.2) is 0 Å². The van der Waals surface area contributed by atoms with Crippen molar-refractivity contribution in [2.45, 2.75) is 32.1 Å². The predicted molar refractivity (Wildman–Crippen MR) is 178 cm³/mol. The highest BCUT2D eigenvalue weighted by Crippen LogP contribution is 2.26. The normalized spacial score (nSPS) is 11.0. The van der Waals surface area contributed by atoms with Crippen LogP contribution in [0.1, 0.15) is 30.4 Å². The van der Waals surface area contributed by atoms with E-state index >= 15 is 0 Å². The van der Waals surface area contributed by atoms with Crippen LogP contribution in [0.25, 0.3) is 45.0 Å². The summed E-state index contributed by atoms with van der Waals surface area (Å²) in [5, 5.41) is 0. The van der Waals surface area contributed by atoms with Crippen LogP contribution in [0.4, 0.5) is 0 Å². The van der Waals surface area contributed by atoms with Crippen molar-refractivity contribution in [1.29, 1.82) is 0 Å². The van der Waals surface area contributed by atoms with Gasteiger partial charge >= 0.3 is 0 Å². The molecule has 2 heterocycles. The molecule has 2 aromatic heterocycles. The average molecular weight is 561 g/mol. The van der Waals surface area contributed by atoms with Crippen LogP contribution < -0.4 is 9.13 Å². The molecule has 43 heavy (non-hydrogen) atoms. The zero-order chi connectivity index (χ0) is 29.4. The molecule has 0 atom stereocenters. The molecule has 4 aromatic carbocycles. The molecule has 0 unspecified atom stereocenters. The lowest BCUT2D eigenvalue weighted by atomic mass is 9.98. The molecule has 212 valence electrons. The van der Waals surface area contributed by atoms with Crippen molar-refractivity contribution in [2.24, 2.45) is 14.1 Å². The number of nitrogens with zero attached hydrogens (tertiary/aromatic N) is 2. The number of aromatic nitrogens is 2. The second-order valence-electron chi connectivity index (χ2n) is 11.4. The lowest BCUT2D eigenvalue weighted by Gasteiger charge is -2.11. The zero-order valence-electron chi connectivity index (χ0n) is 25.3. The third-order valence-corrected chi connectivity index (χ3v) is 8.44. The van der Waals surface area contributed by atoms with Crippen molar-refractivity contribution >= 4 is 0 Å². The van der Waals surface area contributed by atoms with Crippen molar-refractivity contribution in [3.63, 3.8) is 0 Å². The van der Waals surface area contributed by atoms with Crippen LogP contribution >= 0.6 is 0 Å². The Kier molecular flexibility index (Phi) is 8.85. The molecule has 0 N–H and O–H groups in total. The molecule has 0 radical (unpaired) electrons. The van der Waals surface area contributed by atoms with E-state index in [2.05, 4.69) is 169 Å². The van der Waals surface area contributed by atoms with Crippen LogP contribution in [0.2, 0.25) is 0 Å². The highest BCUT2D eigenvalue weighted by Gasteiger charge is 2.20. The quantitative estimate of drug-likeness (QED) is 0.117. The van der Waals surface area contributed by atoms with Crippen LogP contribution in [-0.4, -0.2) is 0 Å². The van der Waals surface area contributed by atoms with Gasteiger partial charge in [0.25, 0.3) is 0 Å². The molecule has 6 rings (SSSR count). The van der Waals surface area contributed by atoms with Gasteiger partial charge < -0.3 is 0 Å². The van der Waals surface area contributed by atoms with Gasteiger partial charge in [-0.15, -0.1) is 0 Å². The van der Waals surface area contributed by atoms with Gasteiger partial charge in [-0.3, -0.25) is 0 Å². The fourth-order valence-electron chi connectivity index (χ4n) is 6.10. The molecule has 0 fully saturated rings. The van der Waals surface area contributed by atoms with E-state index in [1.54, 1.807) is 0 Å². The van der Waals surface area contributed by atoms with Gasteiger partial charge in [0.05, 0.1) is 0 Å². The van der Waals surface area contributed by atoms with E-state index in [1.165, 1.54) is 75.4 Å². The molecule has 2 nitrogen and oxygen atoms in total. The Balaban J connectivity index is 1.19. The molecule has 0 aliphatic rings. The van der Waals surface area contributed by atoms with Gasteiger partial charge in [-0.05, 0) is 85.3 Å². The molecular weight excluding hydrogens is 520 g/mol. The number of hydrogen-bond donors (Lipinski definition) is 0. The second-order valence-corrected chi connectivity index (χ2v) is 11.4. The van der Waals surface area contributed by atoms with Crippen molar-refractivity contribution < 1.29 is 9.13 Å². The summed E-state index contributed by atoms with van der Waals surface area (Å²) in [7, 11) is 4.36. The van der Waals surface area contributed by atoms with Crippen LogP contribution in [0.3, 0.4) is 0 Å². The predicted octanol–water partition coefficient (Wildman–Crippen LogP) is 8.96. The maximum absolute atomic E-state index is 2.39. The maximum atomic E-state index is 2.39. The standard InChI is InChI=1S/C41H40N2/c1-42-38(34-20-10-4-11-21-34)28-32(29-39(42)35-22-12-5-13-23-35)18-8-3-9-19-33-30-40(36-24-14-6-15-25-36)43(2)41(31-33)37-26-16-7-17-27-37/h4-7,10-17,20-31H,3,8-9,18-19H2,1-2H3/q+2. The van der Waals surface area contributed by atoms with E-state index in [0.717, 1.165) is 12.8 Å². The number of rotatable bonds is 10. The van der Waals surface area contributed by atoms with Crippen LogP contribution in [0.15, 0.2) is 146 Å². The van der Waals surface area contributed by atoms with Gasteiger partial charge in [0.15, 0.2) is 0 Å². The minimum Gasteiger partial charge on any atom is -0.194 e. The van der Waals surface area contributed by atoms with Gasteiger partial charge in [0.1, 0.15) is 14.1 Å². The lowest BCUT2D eigenvalue weighted by Crippen LogP contribution is -2.34. The molecule has 0 bridgehead atoms. The van der Waals surface area contributed by atoms with Gasteiger partial charge in [0, 0.05) is 46.5 Å². The lowest BCUT2D eigenvalue weighted by molar-refractivity contribution is -0.649. The second kappa shape index (κ2) is 13.4. The molecule has 2 heteroatoms. The van der Waals surface area contributed by atoms with E-state index in [9.17, 15) is 0 Å². The Morgan fingerprint density at radius 1 is 0.349 bits per heavy atom. The fourth-order valence-corrected chi connectivity index (χ4v) is 6.10. The van der Waals surface area contributed by atoms with E-state index in [0.29, 0.717) is 0 Å². The van der Waals surface area contributed by atoms with Gasteiger partial charge in [-0.2, -0.15) is 9.13 Å². The van der Waals surface area contributed by atoms with Crippen molar-refractivity contribution in [2.75, 3.05) is 0 Å². The molecule has 0 saturated heterocycles. The smallest absolute Gasteiger partial charge is 0.194 e. The Morgan fingerprint density at radius 2 is 0.605 bits per heavy atom. The van der Waals surface area contributed by atoms with Crippen molar-refractivity contribution in [3.8, 4) is 45.0 Å². The van der Waals surface area contributed by atoms with E-state index in [-0.39, 0.29) is 0 Å². The summed E-state index contributed by atoms with van der Waals surface area (Å²) in [6, 6.07) is 52.6. The first-order chi connectivity index (χ1) is 21.2. The molecule has 6 aromatic rings. The summed E-state index contributed by atoms with van der Waals surface area (Å²) in [6.45, 7) is 0. The van der Waals surface area contributed by atoms with E-state index in [1.807, 2.05) is 0 Å². The van der Waals surface area contributed by atoms with Crippen molar-refractivity contribution in [3.05, 3.63) is 157 Å². The Hall–Kier alpha value is -4.82. The first-order valence-electron chi connectivity index (χ1n) is 15.4. The fraction of sp³-hybridized carbons (Fsp3) is 0.171.